The molecule has 0 amide bonds. The van der Waals surface area contributed by atoms with Gasteiger partial charge in [-0.25, -0.2) is 0 Å². The van der Waals surface area contributed by atoms with E-state index in [0.29, 0.717) is 38.5 Å². The molecule has 0 aliphatic heterocycles. The fourth-order valence-corrected chi connectivity index (χ4v) is 7.03. The molecule has 0 saturated heterocycles. The van der Waals surface area contributed by atoms with E-state index in [1.165, 1.54) is 89.9 Å². The molecule has 0 spiro atoms. The summed E-state index contributed by atoms with van der Waals surface area (Å²) < 4.78 is 44.2. The summed E-state index contributed by atoms with van der Waals surface area (Å²) in [6.07, 6.45) is 24.0. The molecule has 2 N–H and O–H groups in total. The van der Waals surface area contributed by atoms with E-state index in [1.807, 2.05) is 0 Å². The Kier molecular flexibility index (Phi) is 45.3. The minimum Gasteiger partial charge on any atom is -0.756 e. The predicted octanol–water partition coefficient (Wildman–Crippen LogP) is 6.13. The minimum absolute atomic E-state index is 0. The fourth-order valence-electron chi connectivity index (χ4n) is 6.25. The molecule has 60 heavy (non-hydrogen) atoms. The van der Waals surface area contributed by atoms with Crippen molar-refractivity contribution in [2.75, 3.05) is 39.6 Å². The van der Waals surface area contributed by atoms with Crippen molar-refractivity contribution >= 4 is 31.7 Å². The van der Waals surface area contributed by atoms with E-state index in [9.17, 15) is 28.6 Å². The number of hydrogen-bond donors (Lipinski definition) is 2. The molecular formula is C44H82NaO14P. The van der Waals surface area contributed by atoms with Crippen molar-refractivity contribution in [3.05, 3.63) is 0 Å². The van der Waals surface area contributed by atoms with Gasteiger partial charge in [-0.15, -0.1) is 0 Å². The maximum absolute atomic E-state index is 12.8. The predicted molar refractivity (Wildman–Crippen MR) is 225 cm³/mol. The van der Waals surface area contributed by atoms with E-state index in [1.54, 1.807) is 0 Å². The monoisotopic (exact) mass is 889 g/mol. The van der Waals surface area contributed by atoms with E-state index in [2.05, 4.69) is 13.8 Å². The first-order valence-electron chi connectivity index (χ1n) is 23.1. The Labute approximate surface area is 384 Å². The van der Waals surface area contributed by atoms with Crippen molar-refractivity contribution in [3.63, 3.8) is 0 Å². The van der Waals surface area contributed by atoms with Crippen LogP contribution in [0.25, 0.3) is 0 Å². The van der Waals surface area contributed by atoms with Crippen LogP contribution >= 0.6 is 7.82 Å². The number of aliphatic hydroxyl groups is 2. The first kappa shape index (κ1) is 61.0. The number of ether oxygens (including phenoxy) is 4. The van der Waals surface area contributed by atoms with Crippen LogP contribution in [0.4, 0.5) is 0 Å². The Morgan fingerprint density at radius 1 is 0.433 bits per heavy atom. The summed E-state index contributed by atoms with van der Waals surface area (Å²) in [5, 5.41) is 17.9. The Bertz CT molecular complexity index is 1080. The minimum atomic E-state index is -5.09. The normalized spacial score (nSPS) is 13.2. The second-order valence-corrected chi connectivity index (χ2v) is 17.0. The molecule has 0 saturated carbocycles. The molecule has 0 fully saturated rings. The molecule has 14 nitrogen and oxygen atoms in total. The molecule has 0 aromatic carbocycles. The number of carbonyl (C=O) groups excluding carboxylic acids is 4. The SMILES string of the molecule is CCCCCCCCCCCCCC(=O)OC[C@H](COP(=O)([O-])OCC(COC(=O)CCCCO)OC(=O)CCCCO)OC(=O)CCCCCCCCCCCCC.[Na+]. The van der Waals surface area contributed by atoms with E-state index < -0.39 is 70.3 Å². The average molecular weight is 889 g/mol. The summed E-state index contributed by atoms with van der Waals surface area (Å²) in [5.74, 6) is -2.38. The molecule has 2 unspecified atom stereocenters. The van der Waals surface area contributed by atoms with Gasteiger partial charge >= 0.3 is 53.4 Å². The molecule has 0 aromatic rings. The number of unbranched alkanes of at least 4 members (excludes halogenated alkanes) is 22. The Hall–Kier alpha value is -1.09. The number of phosphoric acid groups is 1. The quantitative estimate of drug-likeness (QED) is 0.0232. The molecule has 16 heteroatoms. The second kappa shape index (κ2) is 44.5. The molecule has 3 atom stereocenters. The number of hydrogen-bond acceptors (Lipinski definition) is 14. The zero-order valence-electron chi connectivity index (χ0n) is 37.9. The maximum atomic E-state index is 12.8. The number of esters is 4. The van der Waals surface area contributed by atoms with Crippen molar-refractivity contribution in [2.24, 2.45) is 0 Å². The van der Waals surface area contributed by atoms with Crippen LogP contribution in [0.15, 0.2) is 0 Å². The number of rotatable bonds is 44. The van der Waals surface area contributed by atoms with Crippen molar-refractivity contribution in [1.29, 1.82) is 0 Å². The van der Waals surface area contributed by atoms with Crippen LogP contribution in [0, 0.1) is 0 Å². The van der Waals surface area contributed by atoms with Crippen molar-refractivity contribution in [1.82, 2.24) is 0 Å². The van der Waals surface area contributed by atoms with Crippen LogP contribution in [0.5, 0.6) is 0 Å². The third kappa shape index (κ3) is 42.2. The zero-order valence-corrected chi connectivity index (χ0v) is 40.7. The van der Waals surface area contributed by atoms with Crippen molar-refractivity contribution < 1.29 is 96.4 Å². The summed E-state index contributed by atoms with van der Waals surface area (Å²) in [6.45, 7) is 1.92. The summed E-state index contributed by atoms with van der Waals surface area (Å²) >= 11 is 0. The molecule has 0 radical (unpaired) electrons. The van der Waals surface area contributed by atoms with Gasteiger partial charge < -0.3 is 43.1 Å². The standard InChI is InChI=1S/C44H83O14P.Na/c1-3-5-7-9-11-13-15-17-19-21-23-29-41(47)53-35-39(57-43(49)31-24-22-20-18-16-14-12-10-8-6-4-2)37-55-59(51,52)56-38-40(58-44(50)32-26-28-34-46)36-54-42(48)30-25-27-33-45;/h39-40,45-46H,3-38H2,1-2H3,(H,51,52);/q;+1/p-1/t39-,40?;/m1./s1. The van der Waals surface area contributed by atoms with Crippen LogP contribution in [0.1, 0.15) is 206 Å². The molecule has 0 aliphatic rings. The van der Waals surface area contributed by atoms with Crippen LogP contribution in [0.2, 0.25) is 0 Å². The first-order chi connectivity index (χ1) is 28.6. The number of aliphatic hydroxyl groups excluding tert-OH is 2. The largest absolute Gasteiger partial charge is 1.00 e. The first-order valence-corrected chi connectivity index (χ1v) is 24.5. The molecule has 0 bridgehead atoms. The molecule has 0 aliphatic carbocycles. The Morgan fingerprint density at radius 3 is 1.00 bits per heavy atom. The van der Waals surface area contributed by atoms with E-state index in [4.69, 9.17) is 38.2 Å². The third-order valence-electron chi connectivity index (χ3n) is 9.84. The van der Waals surface area contributed by atoms with E-state index >= 15 is 0 Å². The topological polar surface area (TPSA) is 204 Å². The van der Waals surface area contributed by atoms with Gasteiger partial charge in [0.1, 0.15) is 13.2 Å². The number of carbonyl (C=O) groups is 4. The molecular weight excluding hydrogens is 806 g/mol. The maximum Gasteiger partial charge on any atom is 1.00 e. The van der Waals surface area contributed by atoms with Crippen LogP contribution in [-0.2, 0) is 51.7 Å². The van der Waals surface area contributed by atoms with Crippen LogP contribution in [0.3, 0.4) is 0 Å². The Balaban J connectivity index is 0. The second-order valence-electron chi connectivity index (χ2n) is 15.6. The van der Waals surface area contributed by atoms with Crippen molar-refractivity contribution in [3.8, 4) is 0 Å². The molecule has 348 valence electrons. The third-order valence-corrected chi connectivity index (χ3v) is 10.8. The van der Waals surface area contributed by atoms with Crippen molar-refractivity contribution in [2.45, 2.75) is 219 Å². The van der Waals surface area contributed by atoms with Gasteiger partial charge in [-0.3, -0.25) is 23.7 Å². The molecule has 0 aromatic heterocycles. The molecule has 0 rings (SSSR count). The summed E-state index contributed by atoms with van der Waals surface area (Å²) in [7, 11) is -5.09. The zero-order chi connectivity index (χ0) is 43.7. The van der Waals surface area contributed by atoms with E-state index in [-0.39, 0.29) is 68.5 Å². The van der Waals surface area contributed by atoms with Crippen LogP contribution in [-0.4, -0.2) is 85.9 Å². The van der Waals surface area contributed by atoms with Gasteiger partial charge in [0, 0.05) is 38.9 Å². The summed E-state index contributed by atoms with van der Waals surface area (Å²) in [5.41, 5.74) is 0. The van der Waals surface area contributed by atoms with Gasteiger partial charge in [0.15, 0.2) is 12.2 Å². The van der Waals surface area contributed by atoms with Gasteiger partial charge in [0.05, 0.1) is 13.2 Å². The average Bonchev–Trinajstić information content (AvgIpc) is 3.21. The van der Waals surface area contributed by atoms with Gasteiger partial charge in [-0.1, -0.05) is 142 Å². The van der Waals surface area contributed by atoms with Gasteiger partial charge in [0.2, 0.25) is 0 Å². The summed E-state index contributed by atoms with van der Waals surface area (Å²) in [4.78, 5) is 62.6. The van der Waals surface area contributed by atoms with Gasteiger partial charge in [0.25, 0.3) is 7.82 Å². The van der Waals surface area contributed by atoms with Crippen LogP contribution < -0.4 is 34.5 Å². The fraction of sp³-hybridized carbons (Fsp3) is 0.909. The van der Waals surface area contributed by atoms with Gasteiger partial charge in [-0.05, 0) is 38.5 Å². The van der Waals surface area contributed by atoms with E-state index in [0.717, 1.165) is 38.5 Å². The summed E-state index contributed by atoms with van der Waals surface area (Å²) in [6, 6.07) is 0. The smallest absolute Gasteiger partial charge is 0.756 e. The van der Waals surface area contributed by atoms with Gasteiger partial charge in [-0.2, -0.15) is 0 Å². The number of phosphoric ester groups is 1. The molecule has 0 heterocycles. The Morgan fingerprint density at radius 2 is 0.700 bits per heavy atom.